The molecule has 2 saturated heterocycles. The number of nitrogens with one attached hydrogen (secondary N) is 2. The number of nitrogens with zero attached hydrogens (tertiary/aromatic N) is 2. The number of H-pyrrole nitrogens is 1. The molecule has 5 rings (SSSR count). The highest BCUT2D eigenvalue weighted by Crippen LogP contribution is 2.30. The van der Waals surface area contributed by atoms with Crippen molar-refractivity contribution in [2.24, 2.45) is 0 Å². The van der Waals surface area contributed by atoms with Gasteiger partial charge in [0.15, 0.2) is 0 Å². The van der Waals surface area contributed by atoms with Crippen LogP contribution >= 0.6 is 0 Å². The molecule has 2 aromatic carbocycles. The smallest absolute Gasteiger partial charge is 0.267 e. The van der Waals surface area contributed by atoms with E-state index in [9.17, 15) is 4.79 Å². The van der Waals surface area contributed by atoms with Gasteiger partial charge in [0.25, 0.3) is 5.91 Å². The predicted octanol–water partition coefficient (Wildman–Crippen LogP) is 5.30. The van der Waals surface area contributed by atoms with E-state index in [1.165, 1.54) is 45.3 Å². The number of hydrogen-bond acceptors (Lipinski definition) is 4. The lowest BCUT2D eigenvalue weighted by atomic mass is 10.0. The van der Waals surface area contributed by atoms with Gasteiger partial charge in [-0.1, -0.05) is 37.1 Å². The number of rotatable bonds is 8. The van der Waals surface area contributed by atoms with Gasteiger partial charge in [-0.15, -0.1) is 0 Å². The number of hydrogen-bond donors (Lipinski definition) is 2. The Hall–Kier alpha value is -2.83. The Bertz CT molecular complexity index is 1120. The summed E-state index contributed by atoms with van der Waals surface area (Å²) >= 11 is 0. The summed E-state index contributed by atoms with van der Waals surface area (Å²) in [6.45, 7) is 9.62. The number of piperidine rings is 1. The van der Waals surface area contributed by atoms with Gasteiger partial charge < -0.3 is 24.8 Å². The van der Waals surface area contributed by atoms with Gasteiger partial charge in [0.05, 0.1) is 6.61 Å². The van der Waals surface area contributed by atoms with E-state index in [1.54, 1.807) is 0 Å². The molecule has 192 valence electrons. The van der Waals surface area contributed by atoms with Crippen LogP contribution in [0, 0.1) is 0 Å². The van der Waals surface area contributed by atoms with Crippen LogP contribution in [0.5, 0.6) is 5.75 Å². The zero-order valence-corrected chi connectivity index (χ0v) is 21.6. The standard InChI is InChI=1S/C30H40N4O2/c1-2-36-25-12-10-23(11-13-25)26-8-7-9-28-27(26)22-29(32-28)30(35)31-24-14-18-34(19-15-24)21-20-33-16-5-3-4-6-17-33/h7-13,22,24,32H,2-6,14-21H2,1H3,(H,31,35). The van der Waals surface area contributed by atoms with E-state index in [1.807, 2.05) is 37.3 Å². The molecule has 0 radical (unpaired) electrons. The molecule has 2 aliphatic heterocycles. The molecule has 0 saturated carbocycles. The Labute approximate surface area is 215 Å². The molecule has 6 nitrogen and oxygen atoms in total. The van der Waals surface area contributed by atoms with Crippen LogP contribution in [0.15, 0.2) is 48.5 Å². The summed E-state index contributed by atoms with van der Waals surface area (Å²) in [5.41, 5.74) is 3.84. The van der Waals surface area contributed by atoms with Crippen LogP contribution in [-0.2, 0) is 0 Å². The fourth-order valence-corrected chi connectivity index (χ4v) is 5.63. The van der Waals surface area contributed by atoms with Crippen LogP contribution in [-0.4, -0.2) is 72.6 Å². The van der Waals surface area contributed by atoms with Gasteiger partial charge in [-0.25, -0.2) is 0 Å². The maximum Gasteiger partial charge on any atom is 0.267 e. The van der Waals surface area contributed by atoms with Crippen molar-refractivity contribution in [3.63, 3.8) is 0 Å². The third-order valence-electron chi connectivity index (χ3n) is 7.74. The van der Waals surface area contributed by atoms with Crippen LogP contribution in [0.25, 0.3) is 22.0 Å². The molecule has 1 amide bonds. The Morgan fingerprint density at radius 1 is 0.944 bits per heavy atom. The molecule has 3 heterocycles. The number of aromatic amines is 1. The van der Waals surface area contributed by atoms with E-state index in [2.05, 4.69) is 38.3 Å². The third kappa shape index (κ3) is 6.11. The third-order valence-corrected chi connectivity index (χ3v) is 7.74. The van der Waals surface area contributed by atoms with Crippen molar-refractivity contribution in [2.75, 3.05) is 45.9 Å². The molecule has 0 bridgehead atoms. The molecule has 6 heteroatoms. The average molecular weight is 489 g/mol. The number of carbonyl (C=O) groups is 1. The van der Waals surface area contributed by atoms with E-state index in [-0.39, 0.29) is 11.9 Å². The Morgan fingerprint density at radius 3 is 2.33 bits per heavy atom. The maximum absolute atomic E-state index is 13.1. The number of ether oxygens (including phenoxy) is 1. The molecule has 2 aliphatic rings. The SMILES string of the molecule is CCOc1ccc(-c2cccc3[nH]c(C(=O)NC4CCN(CCN5CCCCCC5)CC4)cc23)cc1. The minimum Gasteiger partial charge on any atom is -0.494 e. The van der Waals surface area contributed by atoms with Gasteiger partial charge in [0.1, 0.15) is 11.4 Å². The highest BCUT2D eigenvalue weighted by Gasteiger charge is 2.22. The van der Waals surface area contributed by atoms with Crippen LogP contribution < -0.4 is 10.1 Å². The number of carbonyl (C=O) groups excluding carboxylic acids is 1. The lowest BCUT2D eigenvalue weighted by Gasteiger charge is -2.33. The summed E-state index contributed by atoms with van der Waals surface area (Å²) in [7, 11) is 0. The van der Waals surface area contributed by atoms with Crippen molar-refractivity contribution >= 4 is 16.8 Å². The first kappa shape index (κ1) is 24.8. The van der Waals surface area contributed by atoms with E-state index < -0.39 is 0 Å². The lowest BCUT2D eigenvalue weighted by Crippen LogP contribution is -2.46. The van der Waals surface area contributed by atoms with E-state index in [0.29, 0.717) is 12.3 Å². The summed E-state index contributed by atoms with van der Waals surface area (Å²) in [5, 5.41) is 4.35. The van der Waals surface area contributed by atoms with Gasteiger partial charge in [-0.2, -0.15) is 0 Å². The first-order chi connectivity index (χ1) is 17.7. The van der Waals surface area contributed by atoms with Crippen LogP contribution in [0.2, 0.25) is 0 Å². The van der Waals surface area contributed by atoms with Crippen molar-refractivity contribution in [3.8, 4) is 16.9 Å². The lowest BCUT2D eigenvalue weighted by molar-refractivity contribution is 0.0902. The summed E-state index contributed by atoms with van der Waals surface area (Å²) in [4.78, 5) is 21.7. The van der Waals surface area contributed by atoms with Crippen molar-refractivity contribution in [2.45, 2.75) is 51.5 Å². The Kier molecular flexibility index (Phi) is 8.24. The molecule has 3 aromatic rings. The topological polar surface area (TPSA) is 60.6 Å². The van der Waals surface area contributed by atoms with Gasteiger partial charge >= 0.3 is 0 Å². The highest BCUT2D eigenvalue weighted by atomic mass is 16.5. The van der Waals surface area contributed by atoms with Crippen molar-refractivity contribution in [3.05, 3.63) is 54.2 Å². The quantitative estimate of drug-likeness (QED) is 0.452. The second-order valence-electron chi connectivity index (χ2n) is 10.3. The van der Waals surface area contributed by atoms with E-state index >= 15 is 0 Å². The van der Waals surface area contributed by atoms with Crippen LogP contribution in [0.3, 0.4) is 0 Å². The molecule has 1 aromatic heterocycles. The number of amides is 1. The number of fused-ring (bicyclic) bond motifs is 1. The molecule has 36 heavy (non-hydrogen) atoms. The second kappa shape index (κ2) is 11.9. The average Bonchev–Trinajstić information content (AvgIpc) is 3.18. The molecular formula is C30H40N4O2. The highest BCUT2D eigenvalue weighted by molar-refractivity contribution is 6.03. The molecule has 0 unspecified atom stereocenters. The largest absolute Gasteiger partial charge is 0.494 e. The fourth-order valence-electron chi connectivity index (χ4n) is 5.63. The zero-order chi connectivity index (χ0) is 24.7. The monoisotopic (exact) mass is 488 g/mol. The molecule has 0 aliphatic carbocycles. The van der Waals surface area contributed by atoms with Gasteiger partial charge in [0.2, 0.25) is 0 Å². The Balaban J connectivity index is 1.16. The number of aromatic nitrogens is 1. The van der Waals surface area contributed by atoms with Crippen LogP contribution in [0.1, 0.15) is 55.9 Å². The van der Waals surface area contributed by atoms with Crippen molar-refractivity contribution < 1.29 is 9.53 Å². The fraction of sp³-hybridized carbons (Fsp3) is 0.500. The number of likely N-dealkylation sites (tertiary alicyclic amines) is 2. The zero-order valence-electron chi connectivity index (χ0n) is 21.6. The maximum atomic E-state index is 13.1. The normalized spacial score (nSPS) is 18.2. The Morgan fingerprint density at radius 2 is 1.64 bits per heavy atom. The van der Waals surface area contributed by atoms with E-state index in [0.717, 1.165) is 60.3 Å². The molecule has 0 spiro atoms. The number of benzene rings is 2. The van der Waals surface area contributed by atoms with Gasteiger partial charge in [0, 0.05) is 43.1 Å². The first-order valence-electron chi connectivity index (χ1n) is 13.8. The predicted molar refractivity (Wildman–Crippen MR) is 147 cm³/mol. The summed E-state index contributed by atoms with van der Waals surface area (Å²) in [6, 6.07) is 16.6. The van der Waals surface area contributed by atoms with Gasteiger partial charge in [-0.05, 0) is 81.1 Å². The van der Waals surface area contributed by atoms with Crippen LogP contribution in [0.4, 0.5) is 0 Å². The molecule has 2 fully saturated rings. The molecule has 2 N–H and O–H groups in total. The van der Waals surface area contributed by atoms with Crippen molar-refractivity contribution in [1.29, 1.82) is 0 Å². The summed E-state index contributed by atoms with van der Waals surface area (Å²) < 4.78 is 5.58. The minimum absolute atomic E-state index is 0.00754. The molecular weight excluding hydrogens is 448 g/mol. The van der Waals surface area contributed by atoms with E-state index in [4.69, 9.17) is 4.74 Å². The second-order valence-corrected chi connectivity index (χ2v) is 10.3. The van der Waals surface area contributed by atoms with Crippen molar-refractivity contribution in [1.82, 2.24) is 20.1 Å². The van der Waals surface area contributed by atoms with Gasteiger partial charge in [-0.3, -0.25) is 4.79 Å². The summed E-state index contributed by atoms with van der Waals surface area (Å²) in [6.07, 6.45) is 7.52. The summed E-state index contributed by atoms with van der Waals surface area (Å²) in [5.74, 6) is 0.863. The minimum atomic E-state index is -0.00754. The first-order valence-corrected chi connectivity index (χ1v) is 13.8. The molecule has 0 atom stereocenters.